The number of unbranched alkanes of at least 4 members (excludes halogenated alkanes) is 1. The zero-order valence-electron chi connectivity index (χ0n) is 20.7. The van der Waals surface area contributed by atoms with Crippen molar-refractivity contribution in [1.29, 1.82) is 0 Å². The standard InChI is InChI=1S/C27H39N7/c1-4-5-15-28-22(3)29-16-19-33-17-13-23(14-18-33)31-27-32-25-11-6-7-12-26(25)34(27)20-24-10-8-9-21(2)30-24/h6-12,23,28-29H,3-5,13-20H2,1-2H3,(H,31,32). The van der Waals surface area contributed by atoms with E-state index < -0.39 is 0 Å². The summed E-state index contributed by atoms with van der Waals surface area (Å²) in [5, 5.41) is 10.5. The maximum atomic E-state index is 4.93. The quantitative estimate of drug-likeness (QED) is 0.353. The number of piperidine rings is 1. The lowest BCUT2D eigenvalue weighted by molar-refractivity contribution is 0.220. The molecular formula is C27H39N7. The highest BCUT2D eigenvalue weighted by Gasteiger charge is 2.21. The van der Waals surface area contributed by atoms with Gasteiger partial charge >= 0.3 is 0 Å². The lowest BCUT2D eigenvalue weighted by Gasteiger charge is -2.32. The Kier molecular flexibility index (Phi) is 8.41. The zero-order chi connectivity index (χ0) is 23.8. The maximum absolute atomic E-state index is 4.93. The van der Waals surface area contributed by atoms with Gasteiger partial charge in [0.1, 0.15) is 0 Å². The van der Waals surface area contributed by atoms with E-state index >= 15 is 0 Å². The predicted molar refractivity (Wildman–Crippen MR) is 141 cm³/mol. The van der Waals surface area contributed by atoms with Crippen LogP contribution in [0.2, 0.25) is 0 Å². The number of anilines is 1. The van der Waals surface area contributed by atoms with Gasteiger partial charge < -0.3 is 25.4 Å². The normalized spacial score (nSPS) is 14.9. The Morgan fingerprint density at radius 1 is 1.03 bits per heavy atom. The number of likely N-dealkylation sites (tertiary alicyclic amines) is 1. The fourth-order valence-electron chi connectivity index (χ4n) is 4.52. The molecule has 1 aliphatic heterocycles. The first-order valence-electron chi connectivity index (χ1n) is 12.7. The minimum atomic E-state index is 0.427. The van der Waals surface area contributed by atoms with Crippen LogP contribution in [-0.4, -0.2) is 58.2 Å². The van der Waals surface area contributed by atoms with Crippen molar-refractivity contribution in [2.45, 2.75) is 52.1 Å². The SMILES string of the molecule is C=C(NCCCC)NCCN1CCC(Nc2nc3ccccc3n2Cc2cccc(C)n2)CC1. The number of pyridine rings is 1. The number of benzene rings is 1. The molecule has 182 valence electrons. The summed E-state index contributed by atoms with van der Waals surface area (Å²) in [6.07, 6.45) is 4.60. The number of nitrogens with one attached hydrogen (secondary N) is 3. The van der Waals surface area contributed by atoms with Gasteiger partial charge in [0.05, 0.1) is 29.1 Å². The van der Waals surface area contributed by atoms with E-state index in [1.165, 1.54) is 12.8 Å². The Morgan fingerprint density at radius 2 is 1.82 bits per heavy atom. The molecule has 1 aliphatic rings. The average molecular weight is 462 g/mol. The molecule has 0 bridgehead atoms. The van der Waals surface area contributed by atoms with Gasteiger partial charge in [-0.05, 0) is 50.5 Å². The third-order valence-electron chi connectivity index (χ3n) is 6.48. The van der Waals surface area contributed by atoms with Gasteiger partial charge in [-0.1, -0.05) is 38.1 Å². The lowest BCUT2D eigenvalue weighted by atomic mass is 10.1. The third kappa shape index (κ3) is 6.50. The summed E-state index contributed by atoms with van der Waals surface area (Å²) in [5.41, 5.74) is 4.26. The molecule has 1 aromatic carbocycles. The van der Waals surface area contributed by atoms with Crippen LogP contribution in [0.1, 0.15) is 44.0 Å². The van der Waals surface area contributed by atoms with Gasteiger partial charge in [0.15, 0.2) is 0 Å². The average Bonchev–Trinajstić information content (AvgIpc) is 3.17. The molecule has 3 N–H and O–H groups in total. The number of fused-ring (bicyclic) bond motifs is 1. The van der Waals surface area contributed by atoms with E-state index in [0.717, 1.165) is 79.8 Å². The molecule has 0 atom stereocenters. The Balaban J connectivity index is 1.31. The summed E-state index contributed by atoms with van der Waals surface area (Å²) in [6, 6.07) is 15.0. The topological polar surface area (TPSA) is 70.0 Å². The molecule has 0 spiro atoms. The smallest absolute Gasteiger partial charge is 0.204 e. The monoisotopic (exact) mass is 461 g/mol. The summed E-state index contributed by atoms with van der Waals surface area (Å²) in [6.45, 7) is 14.2. The molecule has 1 saturated heterocycles. The van der Waals surface area contributed by atoms with Crippen LogP contribution in [-0.2, 0) is 6.54 Å². The predicted octanol–water partition coefficient (Wildman–Crippen LogP) is 4.11. The lowest BCUT2D eigenvalue weighted by Crippen LogP contribution is -2.42. The van der Waals surface area contributed by atoms with Crippen molar-refractivity contribution in [1.82, 2.24) is 30.1 Å². The highest BCUT2D eigenvalue weighted by Crippen LogP contribution is 2.23. The Labute approximate surface area is 203 Å². The second-order valence-corrected chi connectivity index (χ2v) is 9.23. The van der Waals surface area contributed by atoms with E-state index in [9.17, 15) is 0 Å². The first-order valence-corrected chi connectivity index (χ1v) is 12.7. The van der Waals surface area contributed by atoms with E-state index in [-0.39, 0.29) is 0 Å². The van der Waals surface area contributed by atoms with Gasteiger partial charge in [0.2, 0.25) is 5.95 Å². The molecule has 2 aromatic heterocycles. The van der Waals surface area contributed by atoms with E-state index in [4.69, 9.17) is 9.97 Å². The summed E-state index contributed by atoms with van der Waals surface area (Å²) < 4.78 is 2.27. The highest BCUT2D eigenvalue weighted by molar-refractivity contribution is 5.78. The van der Waals surface area contributed by atoms with Crippen LogP contribution in [0.4, 0.5) is 5.95 Å². The van der Waals surface area contributed by atoms with Crippen molar-refractivity contribution in [2.24, 2.45) is 0 Å². The molecule has 0 saturated carbocycles. The van der Waals surface area contributed by atoms with Gasteiger partial charge in [-0.2, -0.15) is 0 Å². The van der Waals surface area contributed by atoms with E-state index in [1.807, 2.05) is 13.0 Å². The summed E-state index contributed by atoms with van der Waals surface area (Å²) >= 11 is 0. The summed E-state index contributed by atoms with van der Waals surface area (Å²) in [5.74, 6) is 1.88. The molecule has 4 rings (SSSR count). The van der Waals surface area contributed by atoms with Crippen molar-refractivity contribution in [3.63, 3.8) is 0 Å². The molecule has 1 fully saturated rings. The number of imidazole rings is 1. The van der Waals surface area contributed by atoms with Crippen molar-refractivity contribution in [3.05, 3.63) is 66.3 Å². The molecule has 7 heteroatoms. The van der Waals surface area contributed by atoms with Gasteiger partial charge in [-0.3, -0.25) is 4.98 Å². The van der Waals surface area contributed by atoms with E-state index in [0.29, 0.717) is 12.6 Å². The van der Waals surface area contributed by atoms with Gasteiger partial charge in [-0.15, -0.1) is 0 Å². The van der Waals surface area contributed by atoms with E-state index in [2.05, 4.69) is 75.3 Å². The van der Waals surface area contributed by atoms with Crippen molar-refractivity contribution >= 4 is 17.0 Å². The van der Waals surface area contributed by atoms with Crippen molar-refractivity contribution in [3.8, 4) is 0 Å². The van der Waals surface area contributed by atoms with E-state index in [1.54, 1.807) is 0 Å². The van der Waals surface area contributed by atoms with Crippen LogP contribution in [0.3, 0.4) is 0 Å². The summed E-state index contributed by atoms with van der Waals surface area (Å²) in [7, 11) is 0. The van der Waals surface area contributed by atoms with Crippen LogP contribution < -0.4 is 16.0 Å². The largest absolute Gasteiger partial charge is 0.372 e. The van der Waals surface area contributed by atoms with Gasteiger partial charge in [0.25, 0.3) is 0 Å². The van der Waals surface area contributed by atoms with Crippen LogP contribution in [0, 0.1) is 6.92 Å². The maximum Gasteiger partial charge on any atom is 0.204 e. The molecule has 3 heterocycles. The Bertz CT molecular complexity index is 1070. The number of hydrogen-bond donors (Lipinski definition) is 3. The first kappa shape index (κ1) is 24.1. The molecule has 0 radical (unpaired) electrons. The Hall–Kier alpha value is -3.06. The summed E-state index contributed by atoms with van der Waals surface area (Å²) in [4.78, 5) is 12.2. The molecule has 0 unspecified atom stereocenters. The minimum absolute atomic E-state index is 0.427. The number of aromatic nitrogens is 3. The van der Waals surface area contributed by atoms with Crippen LogP contribution in [0.25, 0.3) is 11.0 Å². The fourth-order valence-corrected chi connectivity index (χ4v) is 4.52. The van der Waals surface area contributed by atoms with Crippen LogP contribution >= 0.6 is 0 Å². The fraction of sp³-hybridized carbons (Fsp3) is 0.481. The molecule has 0 amide bonds. The number of rotatable bonds is 12. The second-order valence-electron chi connectivity index (χ2n) is 9.23. The zero-order valence-corrected chi connectivity index (χ0v) is 20.7. The Morgan fingerprint density at radius 3 is 2.62 bits per heavy atom. The molecule has 34 heavy (non-hydrogen) atoms. The molecule has 7 nitrogen and oxygen atoms in total. The molecule has 3 aromatic rings. The number of hydrogen-bond acceptors (Lipinski definition) is 6. The van der Waals surface area contributed by atoms with Crippen molar-refractivity contribution in [2.75, 3.05) is 38.0 Å². The molecular weight excluding hydrogens is 422 g/mol. The van der Waals surface area contributed by atoms with Crippen LogP contribution in [0.15, 0.2) is 54.9 Å². The first-order chi connectivity index (χ1) is 16.6. The third-order valence-corrected chi connectivity index (χ3v) is 6.48. The van der Waals surface area contributed by atoms with Crippen molar-refractivity contribution < 1.29 is 0 Å². The minimum Gasteiger partial charge on any atom is -0.372 e. The van der Waals surface area contributed by atoms with Crippen LogP contribution in [0.5, 0.6) is 0 Å². The number of nitrogens with zero attached hydrogens (tertiary/aromatic N) is 4. The number of aryl methyl sites for hydroxylation is 1. The second kappa shape index (κ2) is 11.9. The highest BCUT2D eigenvalue weighted by atomic mass is 15.2. The van der Waals surface area contributed by atoms with Gasteiger partial charge in [0, 0.05) is 44.5 Å². The van der Waals surface area contributed by atoms with Gasteiger partial charge in [-0.25, -0.2) is 4.98 Å². The molecule has 0 aliphatic carbocycles. The number of para-hydroxylation sites is 2.